The van der Waals surface area contributed by atoms with E-state index in [-0.39, 0.29) is 12.3 Å². The average molecular weight is 418 g/mol. The standard InChI is InChI=1S/C23H22N4O4/c1-4-31-23(28)18-14(2)24-22-20(19(18)16-11-8-12-17(13-16)27(29)30)21(25-26(22)3)15-9-6-5-7-10-15/h5-13,19,24H,4H2,1-3H3. The molecule has 158 valence electrons. The summed E-state index contributed by atoms with van der Waals surface area (Å²) in [6.07, 6.45) is 0. The summed E-state index contributed by atoms with van der Waals surface area (Å²) in [4.78, 5) is 24.0. The number of anilines is 1. The zero-order valence-electron chi connectivity index (χ0n) is 17.5. The van der Waals surface area contributed by atoms with Crippen LogP contribution in [0.15, 0.2) is 65.9 Å². The van der Waals surface area contributed by atoms with E-state index in [0.717, 1.165) is 16.9 Å². The number of rotatable bonds is 5. The molecule has 1 unspecified atom stereocenters. The number of ether oxygens (including phenoxy) is 1. The van der Waals surface area contributed by atoms with Gasteiger partial charge in [0.05, 0.1) is 22.8 Å². The number of aromatic nitrogens is 2. The van der Waals surface area contributed by atoms with E-state index in [9.17, 15) is 14.9 Å². The van der Waals surface area contributed by atoms with E-state index in [1.165, 1.54) is 12.1 Å². The Labute approximate surface area is 179 Å². The fourth-order valence-electron chi connectivity index (χ4n) is 4.01. The highest BCUT2D eigenvalue weighted by Crippen LogP contribution is 2.46. The quantitative estimate of drug-likeness (QED) is 0.375. The Hall–Kier alpha value is -3.94. The maximum Gasteiger partial charge on any atom is 0.336 e. The number of carbonyl (C=O) groups excluding carboxylic acids is 1. The Kier molecular flexibility index (Phi) is 5.29. The van der Waals surface area contributed by atoms with Crippen LogP contribution in [0.5, 0.6) is 0 Å². The molecule has 4 rings (SSSR count). The summed E-state index contributed by atoms with van der Waals surface area (Å²) in [5.41, 5.74) is 4.01. The molecule has 0 saturated carbocycles. The van der Waals surface area contributed by atoms with Gasteiger partial charge in [-0.3, -0.25) is 14.8 Å². The third-order valence-electron chi connectivity index (χ3n) is 5.33. The van der Waals surface area contributed by atoms with Gasteiger partial charge < -0.3 is 10.1 Å². The van der Waals surface area contributed by atoms with Crippen molar-refractivity contribution in [3.8, 4) is 11.3 Å². The largest absolute Gasteiger partial charge is 0.463 e. The lowest BCUT2D eigenvalue weighted by Crippen LogP contribution is -2.25. The molecule has 1 N–H and O–H groups in total. The first kappa shape index (κ1) is 20.3. The molecule has 1 aromatic heterocycles. The van der Waals surface area contributed by atoms with Crippen molar-refractivity contribution in [1.82, 2.24) is 9.78 Å². The smallest absolute Gasteiger partial charge is 0.336 e. The van der Waals surface area contributed by atoms with Crippen molar-refractivity contribution < 1.29 is 14.5 Å². The number of nitrogens with zero attached hydrogens (tertiary/aromatic N) is 3. The molecule has 3 aromatic rings. The molecule has 0 amide bonds. The number of non-ortho nitro benzene ring substituents is 1. The monoisotopic (exact) mass is 418 g/mol. The van der Waals surface area contributed by atoms with Crippen LogP contribution in [0, 0.1) is 10.1 Å². The normalized spacial score (nSPS) is 15.3. The number of nitro benzene ring substituents is 1. The van der Waals surface area contributed by atoms with Crippen molar-refractivity contribution in [2.45, 2.75) is 19.8 Å². The predicted octanol–water partition coefficient (Wildman–Crippen LogP) is 4.39. The van der Waals surface area contributed by atoms with Gasteiger partial charge in [0, 0.05) is 41.9 Å². The van der Waals surface area contributed by atoms with Gasteiger partial charge in [0.15, 0.2) is 0 Å². The molecule has 0 bridgehead atoms. The topological polar surface area (TPSA) is 99.3 Å². The fourth-order valence-corrected chi connectivity index (χ4v) is 4.01. The molecule has 1 aliphatic rings. The minimum absolute atomic E-state index is 0.0383. The second-order valence-corrected chi connectivity index (χ2v) is 7.27. The molecule has 0 spiro atoms. The fraction of sp³-hybridized carbons (Fsp3) is 0.217. The Morgan fingerprint density at radius 1 is 1.23 bits per heavy atom. The minimum Gasteiger partial charge on any atom is -0.463 e. The number of allylic oxidation sites excluding steroid dienone is 1. The van der Waals surface area contributed by atoms with Crippen molar-refractivity contribution in [3.63, 3.8) is 0 Å². The molecule has 2 aromatic carbocycles. The highest BCUT2D eigenvalue weighted by atomic mass is 16.6. The van der Waals surface area contributed by atoms with Crippen LogP contribution in [0.3, 0.4) is 0 Å². The molecule has 1 atom stereocenters. The molecule has 0 fully saturated rings. The third kappa shape index (κ3) is 3.56. The van der Waals surface area contributed by atoms with E-state index in [4.69, 9.17) is 9.84 Å². The Morgan fingerprint density at radius 3 is 2.65 bits per heavy atom. The van der Waals surface area contributed by atoms with Crippen LogP contribution in [0.25, 0.3) is 11.3 Å². The number of hydrogen-bond acceptors (Lipinski definition) is 6. The van der Waals surface area contributed by atoms with E-state index in [0.29, 0.717) is 22.5 Å². The Balaban J connectivity index is 2.00. The van der Waals surface area contributed by atoms with Crippen LogP contribution in [-0.4, -0.2) is 27.3 Å². The number of nitro groups is 1. The van der Waals surface area contributed by atoms with Crippen LogP contribution in [0.4, 0.5) is 11.5 Å². The van der Waals surface area contributed by atoms with E-state index in [1.54, 1.807) is 30.7 Å². The van der Waals surface area contributed by atoms with Gasteiger partial charge in [0.2, 0.25) is 0 Å². The molecule has 8 nitrogen and oxygen atoms in total. The SMILES string of the molecule is CCOC(=O)C1=C(C)Nc2c(c(-c3ccccc3)nn2C)C1c1cccc([N+](=O)[O-])c1. The molecule has 8 heteroatoms. The molecule has 1 aliphatic heterocycles. The first-order chi connectivity index (χ1) is 14.9. The molecular formula is C23H22N4O4. The molecule has 0 saturated heterocycles. The highest BCUT2D eigenvalue weighted by molar-refractivity contribution is 5.95. The summed E-state index contributed by atoms with van der Waals surface area (Å²) < 4.78 is 7.08. The minimum atomic E-state index is -0.570. The van der Waals surface area contributed by atoms with Crippen LogP contribution >= 0.6 is 0 Å². The molecule has 0 radical (unpaired) electrons. The van der Waals surface area contributed by atoms with Gasteiger partial charge >= 0.3 is 5.97 Å². The number of benzene rings is 2. The lowest BCUT2D eigenvalue weighted by atomic mass is 9.80. The van der Waals surface area contributed by atoms with Gasteiger partial charge in [-0.05, 0) is 19.4 Å². The summed E-state index contributed by atoms with van der Waals surface area (Å²) in [7, 11) is 1.82. The zero-order valence-corrected chi connectivity index (χ0v) is 17.5. The maximum atomic E-state index is 13.0. The molecule has 31 heavy (non-hydrogen) atoms. The number of fused-ring (bicyclic) bond motifs is 1. The van der Waals surface area contributed by atoms with E-state index >= 15 is 0 Å². The lowest BCUT2D eigenvalue weighted by molar-refractivity contribution is -0.384. The summed E-state index contributed by atoms with van der Waals surface area (Å²) in [5.74, 6) is -0.294. The number of hydrogen-bond donors (Lipinski definition) is 1. The Morgan fingerprint density at radius 2 is 1.97 bits per heavy atom. The van der Waals surface area contributed by atoms with Crippen molar-refractivity contribution in [2.24, 2.45) is 7.05 Å². The van der Waals surface area contributed by atoms with Gasteiger partial charge in [-0.25, -0.2) is 4.79 Å². The summed E-state index contributed by atoms with van der Waals surface area (Å²) >= 11 is 0. The van der Waals surface area contributed by atoms with Crippen molar-refractivity contribution in [2.75, 3.05) is 11.9 Å². The van der Waals surface area contributed by atoms with E-state index < -0.39 is 16.8 Å². The van der Waals surface area contributed by atoms with Crippen LogP contribution in [0.1, 0.15) is 30.9 Å². The average Bonchev–Trinajstić information content (AvgIpc) is 3.09. The van der Waals surface area contributed by atoms with Gasteiger partial charge in [-0.1, -0.05) is 42.5 Å². The maximum absolute atomic E-state index is 13.0. The van der Waals surface area contributed by atoms with Crippen LogP contribution in [0.2, 0.25) is 0 Å². The number of carbonyl (C=O) groups is 1. The van der Waals surface area contributed by atoms with Crippen molar-refractivity contribution >= 4 is 17.5 Å². The molecule has 0 aliphatic carbocycles. The van der Waals surface area contributed by atoms with E-state index in [2.05, 4.69) is 5.32 Å². The lowest BCUT2D eigenvalue weighted by Gasteiger charge is -2.28. The first-order valence-corrected chi connectivity index (χ1v) is 9.94. The first-order valence-electron chi connectivity index (χ1n) is 9.94. The number of nitrogens with one attached hydrogen (secondary N) is 1. The Bertz CT molecular complexity index is 1200. The second kappa shape index (κ2) is 8.06. The van der Waals surface area contributed by atoms with Crippen molar-refractivity contribution in [1.29, 1.82) is 0 Å². The third-order valence-corrected chi connectivity index (χ3v) is 5.33. The highest BCUT2D eigenvalue weighted by Gasteiger charge is 2.38. The summed E-state index contributed by atoms with van der Waals surface area (Å²) in [6.45, 7) is 3.77. The van der Waals surface area contributed by atoms with Crippen LogP contribution in [-0.2, 0) is 16.6 Å². The van der Waals surface area contributed by atoms with Crippen molar-refractivity contribution in [3.05, 3.63) is 87.1 Å². The van der Waals surface area contributed by atoms with Gasteiger partial charge in [-0.15, -0.1) is 0 Å². The molecular weight excluding hydrogens is 396 g/mol. The number of aryl methyl sites for hydroxylation is 1. The van der Waals surface area contributed by atoms with Gasteiger partial charge in [0.1, 0.15) is 5.82 Å². The molecule has 2 heterocycles. The van der Waals surface area contributed by atoms with Crippen LogP contribution < -0.4 is 5.32 Å². The zero-order chi connectivity index (χ0) is 22.1. The number of esters is 1. The van der Waals surface area contributed by atoms with Gasteiger partial charge in [0.25, 0.3) is 5.69 Å². The second-order valence-electron chi connectivity index (χ2n) is 7.27. The van der Waals surface area contributed by atoms with E-state index in [1.807, 2.05) is 37.4 Å². The predicted molar refractivity (Wildman–Crippen MR) is 117 cm³/mol. The van der Waals surface area contributed by atoms with Gasteiger partial charge in [-0.2, -0.15) is 5.10 Å². The summed E-state index contributed by atoms with van der Waals surface area (Å²) in [6, 6.07) is 16.0. The summed E-state index contributed by atoms with van der Waals surface area (Å²) in [5, 5.41) is 19.4.